The van der Waals surface area contributed by atoms with E-state index >= 15 is 0 Å². The molecule has 1 fully saturated rings. The van der Waals surface area contributed by atoms with Crippen LogP contribution in [-0.4, -0.2) is 41.0 Å². The Labute approximate surface area is 201 Å². The maximum absolute atomic E-state index is 14.0. The number of pyridine rings is 1. The highest BCUT2D eigenvalue weighted by molar-refractivity contribution is 6.31. The molecule has 4 rings (SSSR count). The van der Waals surface area contributed by atoms with Crippen LogP contribution in [0, 0.1) is 11.6 Å². The first-order valence-electron chi connectivity index (χ1n) is 10.9. The van der Waals surface area contributed by atoms with E-state index in [1.165, 1.54) is 0 Å². The predicted molar refractivity (Wildman–Crippen MR) is 128 cm³/mol. The molecule has 1 aliphatic heterocycles. The molecule has 1 aliphatic rings. The van der Waals surface area contributed by atoms with Gasteiger partial charge in [0.05, 0.1) is 5.02 Å². The van der Waals surface area contributed by atoms with Crippen LogP contribution >= 0.6 is 11.6 Å². The minimum Gasteiger partial charge on any atom is -0.485 e. The maximum Gasteiger partial charge on any atom is 0.253 e. The second kappa shape index (κ2) is 9.95. The van der Waals surface area contributed by atoms with Gasteiger partial charge < -0.3 is 20.7 Å². The number of nitrogens with zero attached hydrogens (tertiary/aromatic N) is 2. The first-order chi connectivity index (χ1) is 16.2. The van der Waals surface area contributed by atoms with Crippen LogP contribution in [0.2, 0.25) is 5.02 Å². The Bertz CT molecular complexity index is 1200. The van der Waals surface area contributed by atoms with Crippen molar-refractivity contribution in [3.05, 3.63) is 76.4 Å². The van der Waals surface area contributed by atoms with E-state index in [0.29, 0.717) is 24.2 Å². The van der Waals surface area contributed by atoms with Gasteiger partial charge in [-0.05, 0) is 49.7 Å². The highest BCUT2D eigenvalue weighted by atomic mass is 35.5. The van der Waals surface area contributed by atoms with Gasteiger partial charge in [-0.1, -0.05) is 23.7 Å². The van der Waals surface area contributed by atoms with Gasteiger partial charge in [-0.15, -0.1) is 0 Å². The van der Waals surface area contributed by atoms with Gasteiger partial charge in [0.15, 0.2) is 11.6 Å². The topological polar surface area (TPSA) is 80.5 Å². The molecular weight excluding hydrogens is 462 g/mol. The zero-order chi connectivity index (χ0) is 24.4. The zero-order valence-corrected chi connectivity index (χ0v) is 19.6. The summed E-state index contributed by atoms with van der Waals surface area (Å²) in [6, 6.07) is 11.3. The van der Waals surface area contributed by atoms with Gasteiger partial charge in [-0.2, -0.15) is 0 Å². The molecule has 2 unspecified atom stereocenters. The van der Waals surface area contributed by atoms with Crippen molar-refractivity contribution in [2.24, 2.45) is 0 Å². The number of aromatic nitrogens is 1. The van der Waals surface area contributed by atoms with Gasteiger partial charge >= 0.3 is 0 Å². The Morgan fingerprint density at radius 2 is 1.76 bits per heavy atom. The first kappa shape index (κ1) is 23.9. The molecular formula is C25H25ClF2N4O2. The molecule has 1 amide bonds. The Morgan fingerprint density at radius 3 is 2.44 bits per heavy atom. The lowest BCUT2D eigenvalue weighted by Crippen LogP contribution is -2.55. The molecule has 2 atom stereocenters. The summed E-state index contributed by atoms with van der Waals surface area (Å²) in [5.74, 6) is -1.12. The Hall–Kier alpha value is -3.23. The Balaban J connectivity index is 1.50. The van der Waals surface area contributed by atoms with Gasteiger partial charge in [0.2, 0.25) is 0 Å². The number of ether oxygens (including phenoxy) is 1. The average molecular weight is 487 g/mol. The highest BCUT2D eigenvalue weighted by Crippen LogP contribution is 2.30. The number of hydrogen-bond donors (Lipinski definition) is 2. The summed E-state index contributed by atoms with van der Waals surface area (Å²) >= 11 is 5.87. The summed E-state index contributed by atoms with van der Waals surface area (Å²) in [6.07, 6.45) is 1.58. The third-order valence-electron chi connectivity index (χ3n) is 5.70. The van der Waals surface area contributed by atoms with Crippen LogP contribution in [-0.2, 0) is 6.61 Å². The van der Waals surface area contributed by atoms with Crippen LogP contribution in [0.4, 0.5) is 14.6 Å². The van der Waals surface area contributed by atoms with Crippen LogP contribution in [0.3, 0.4) is 0 Å². The molecule has 1 saturated heterocycles. The van der Waals surface area contributed by atoms with Crippen molar-refractivity contribution in [3.8, 4) is 16.9 Å². The molecule has 178 valence electrons. The SMILES string of the molecule is CC1CN(C(=O)c2ccc(-c3cnc(N)c(OCc4c(F)ccc(F)c4Cl)c3)cc2)CC(C)N1. The minimum atomic E-state index is -0.735. The zero-order valence-electron chi connectivity index (χ0n) is 18.8. The summed E-state index contributed by atoms with van der Waals surface area (Å²) in [4.78, 5) is 18.9. The fraction of sp³-hybridized carbons (Fsp3) is 0.280. The molecule has 2 heterocycles. The maximum atomic E-state index is 14.0. The number of nitrogens with two attached hydrogens (primary N) is 1. The fourth-order valence-electron chi connectivity index (χ4n) is 4.06. The molecule has 34 heavy (non-hydrogen) atoms. The van der Waals surface area contributed by atoms with E-state index in [9.17, 15) is 13.6 Å². The van der Waals surface area contributed by atoms with E-state index in [1.807, 2.05) is 17.0 Å². The number of piperazine rings is 1. The molecule has 1 aromatic heterocycles. The fourth-order valence-corrected chi connectivity index (χ4v) is 4.27. The Kier molecular flexibility index (Phi) is 7.00. The van der Waals surface area contributed by atoms with E-state index in [0.717, 1.165) is 17.7 Å². The third-order valence-corrected chi connectivity index (χ3v) is 6.11. The molecule has 2 aromatic carbocycles. The lowest BCUT2D eigenvalue weighted by Gasteiger charge is -2.36. The normalized spacial score (nSPS) is 18.1. The van der Waals surface area contributed by atoms with Crippen molar-refractivity contribution in [2.75, 3.05) is 18.8 Å². The summed E-state index contributed by atoms with van der Waals surface area (Å²) in [5, 5.41) is 3.08. The third kappa shape index (κ3) is 5.13. The number of halogens is 3. The number of nitrogens with one attached hydrogen (secondary N) is 1. The van der Waals surface area contributed by atoms with Gasteiger partial charge in [-0.3, -0.25) is 4.79 Å². The molecule has 0 saturated carbocycles. The summed E-state index contributed by atoms with van der Waals surface area (Å²) in [5.41, 5.74) is 7.90. The number of amides is 1. The van der Waals surface area contributed by atoms with Crippen molar-refractivity contribution in [2.45, 2.75) is 32.5 Å². The van der Waals surface area contributed by atoms with Gasteiger partial charge in [0.25, 0.3) is 5.91 Å². The van der Waals surface area contributed by atoms with E-state index in [1.54, 1.807) is 24.4 Å². The van der Waals surface area contributed by atoms with Gasteiger partial charge in [0, 0.05) is 48.1 Å². The van der Waals surface area contributed by atoms with Crippen molar-refractivity contribution in [3.63, 3.8) is 0 Å². The summed E-state index contributed by atoms with van der Waals surface area (Å²) < 4.78 is 33.3. The van der Waals surface area contributed by atoms with E-state index in [-0.39, 0.29) is 46.8 Å². The molecule has 0 spiro atoms. The standard InChI is InChI=1S/C25H25ClF2N4O2/c1-14-11-32(12-15(2)31-14)25(33)17-5-3-16(4-6-17)18-9-22(24(29)30-10-18)34-13-19-20(27)7-8-21(28)23(19)26/h3-10,14-15,31H,11-13H2,1-2H3,(H2,29,30). The van der Waals surface area contributed by atoms with Crippen LogP contribution in [0.15, 0.2) is 48.7 Å². The average Bonchev–Trinajstić information content (AvgIpc) is 2.81. The molecule has 9 heteroatoms. The quantitative estimate of drug-likeness (QED) is 0.512. The second-order valence-electron chi connectivity index (χ2n) is 8.47. The lowest BCUT2D eigenvalue weighted by atomic mass is 10.0. The number of rotatable bonds is 5. The lowest BCUT2D eigenvalue weighted by molar-refractivity contribution is 0.0674. The molecule has 0 aliphatic carbocycles. The smallest absolute Gasteiger partial charge is 0.253 e. The van der Waals surface area contributed by atoms with Crippen molar-refractivity contribution in [1.29, 1.82) is 0 Å². The number of carbonyl (C=O) groups is 1. The van der Waals surface area contributed by atoms with Crippen molar-refractivity contribution < 1.29 is 18.3 Å². The summed E-state index contributed by atoms with van der Waals surface area (Å²) in [6.45, 7) is 5.12. The number of benzene rings is 2. The van der Waals surface area contributed by atoms with Gasteiger partial charge in [0.1, 0.15) is 18.2 Å². The largest absolute Gasteiger partial charge is 0.485 e. The van der Waals surface area contributed by atoms with E-state index in [2.05, 4.69) is 24.1 Å². The molecule has 0 radical (unpaired) electrons. The molecule has 6 nitrogen and oxygen atoms in total. The highest BCUT2D eigenvalue weighted by Gasteiger charge is 2.25. The second-order valence-corrected chi connectivity index (χ2v) is 8.85. The monoisotopic (exact) mass is 486 g/mol. The first-order valence-corrected chi connectivity index (χ1v) is 11.3. The van der Waals surface area contributed by atoms with Crippen LogP contribution in [0.5, 0.6) is 5.75 Å². The van der Waals surface area contributed by atoms with E-state index < -0.39 is 11.6 Å². The minimum absolute atomic E-state index is 0.0137. The van der Waals surface area contributed by atoms with Crippen LogP contribution in [0.1, 0.15) is 29.8 Å². The molecule has 0 bridgehead atoms. The number of carbonyl (C=O) groups excluding carboxylic acids is 1. The van der Waals surface area contributed by atoms with Gasteiger partial charge in [-0.25, -0.2) is 13.8 Å². The van der Waals surface area contributed by atoms with Crippen LogP contribution < -0.4 is 15.8 Å². The summed E-state index contributed by atoms with van der Waals surface area (Å²) in [7, 11) is 0. The molecule has 3 aromatic rings. The van der Waals surface area contributed by atoms with Crippen molar-refractivity contribution >= 4 is 23.3 Å². The number of hydrogen-bond acceptors (Lipinski definition) is 5. The van der Waals surface area contributed by atoms with Crippen LogP contribution in [0.25, 0.3) is 11.1 Å². The predicted octanol–water partition coefficient (Wildman–Crippen LogP) is 4.66. The Morgan fingerprint density at radius 1 is 1.12 bits per heavy atom. The number of anilines is 1. The molecule has 3 N–H and O–H groups in total. The number of nitrogen functional groups attached to an aromatic ring is 1. The van der Waals surface area contributed by atoms with E-state index in [4.69, 9.17) is 22.1 Å². The van der Waals surface area contributed by atoms with Crippen molar-refractivity contribution in [1.82, 2.24) is 15.2 Å².